The van der Waals surface area contributed by atoms with Gasteiger partial charge in [-0.25, -0.2) is 20.1 Å². The Bertz CT molecular complexity index is 1230. The van der Waals surface area contributed by atoms with Crippen LogP contribution in [-0.4, -0.2) is 55.8 Å². The summed E-state index contributed by atoms with van der Waals surface area (Å²) in [5.74, 6) is 1.56. The second-order valence-corrected chi connectivity index (χ2v) is 7.61. The minimum atomic E-state index is -0.886. The predicted octanol–water partition coefficient (Wildman–Crippen LogP) is 0.364. The summed E-state index contributed by atoms with van der Waals surface area (Å²) < 4.78 is 12.3. The number of amides is 1. The Morgan fingerprint density at radius 1 is 1.25 bits per heavy atom. The first-order valence-corrected chi connectivity index (χ1v) is 10.9. The molecule has 5 N–H and O–H groups in total. The van der Waals surface area contributed by atoms with Crippen molar-refractivity contribution >= 4 is 17.7 Å². The molecule has 1 amide bonds. The van der Waals surface area contributed by atoms with E-state index in [2.05, 4.69) is 36.0 Å². The van der Waals surface area contributed by atoms with E-state index in [4.69, 9.17) is 15.2 Å². The number of nitro groups is 1. The van der Waals surface area contributed by atoms with Gasteiger partial charge in [0.2, 0.25) is 18.6 Å². The molecule has 188 valence electrons. The molecule has 2 aromatic heterocycles. The first kappa shape index (κ1) is 24.2. The number of rotatable bonds is 11. The van der Waals surface area contributed by atoms with Crippen LogP contribution in [0.1, 0.15) is 18.4 Å². The average molecular weight is 496 g/mol. The lowest BCUT2D eigenvalue weighted by molar-refractivity contribution is -0.485. The smallest absolute Gasteiger partial charge is 0.266 e. The fourth-order valence-electron chi connectivity index (χ4n) is 3.39. The van der Waals surface area contributed by atoms with Crippen LogP contribution in [0.5, 0.6) is 11.5 Å². The third-order valence-corrected chi connectivity index (χ3v) is 5.09. The van der Waals surface area contributed by atoms with Gasteiger partial charge in [0.25, 0.3) is 5.96 Å². The summed E-state index contributed by atoms with van der Waals surface area (Å²) in [6, 6.07) is 6.44. The Labute approximate surface area is 204 Å². The lowest BCUT2D eigenvalue weighted by Gasteiger charge is -2.19. The summed E-state index contributed by atoms with van der Waals surface area (Å²) in [6.45, 7) is 0.724. The van der Waals surface area contributed by atoms with Gasteiger partial charge in [0.05, 0.1) is 0 Å². The highest BCUT2D eigenvalue weighted by Gasteiger charge is 2.20. The Morgan fingerprint density at radius 2 is 2.11 bits per heavy atom. The lowest BCUT2D eigenvalue weighted by atomic mass is 10.1. The van der Waals surface area contributed by atoms with Crippen LogP contribution in [-0.2, 0) is 11.3 Å². The van der Waals surface area contributed by atoms with Crippen molar-refractivity contribution in [3.05, 3.63) is 64.9 Å². The first-order valence-electron chi connectivity index (χ1n) is 10.9. The molecule has 15 heteroatoms. The van der Waals surface area contributed by atoms with Crippen molar-refractivity contribution in [2.75, 3.05) is 18.7 Å². The molecule has 36 heavy (non-hydrogen) atoms. The van der Waals surface area contributed by atoms with Gasteiger partial charge in [-0.3, -0.25) is 9.36 Å². The second-order valence-electron chi connectivity index (χ2n) is 7.61. The number of nitrogens with one attached hydrogen (secondary N) is 3. The number of carbonyl (C=O) groups is 1. The van der Waals surface area contributed by atoms with Crippen molar-refractivity contribution in [3.8, 4) is 17.4 Å². The Morgan fingerprint density at radius 3 is 2.92 bits per heavy atom. The number of carbonyl (C=O) groups excluding carboxylic acids is 1. The van der Waals surface area contributed by atoms with E-state index in [9.17, 15) is 14.9 Å². The van der Waals surface area contributed by atoms with Crippen LogP contribution < -0.4 is 31.2 Å². The summed E-state index contributed by atoms with van der Waals surface area (Å²) in [5, 5.41) is 21.2. The molecular weight excluding hydrogens is 472 g/mol. The maximum Gasteiger partial charge on any atom is 0.266 e. The molecule has 15 nitrogen and oxygen atoms in total. The maximum absolute atomic E-state index is 13.1. The standard InChI is InChI=1S/C21H24N10O5/c22-20(29-31(33)34)24-6-1-2-15(27-18-5-7-25-21(28-18)30-9-8-23-12-30)19(32)26-11-14-3-4-16-17(10-14)36-13-35-16/h3-5,7-10,12,15H,1-2,6,11,13H2,(H,26,32)(H3,22,24,29)(H,25,27,28). The van der Waals surface area contributed by atoms with Crippen LogP contribution in [0, 0.1) is 10.1 Å². The maximum atomic E-state index is 13.1. The van der Waals surface area contributed by atoms with E-state index >= 15 is 0 Å². The first-order chi connectivity index (χ1) is 17.5. The molecule has 0 bridgehead atoms. The number of guanidine groups is 1. The quantitative estimate of drug-likeness (QED) is 0.0940. The van der Waals surface area contributed by atoms with Crippen LogP contribution in [0.15, 0.2) is 54.3 Å². The summed E-state index contributed by atoms with van der Waals surface area (Å²) in [4.78, 5) is 36.2. The monoisotopic (exact) mass is 496 g/mol. The van der Waals surface area contributed by atoms with Gasteiger partial charge in [-0.05, 0) is 36.6 Å². The Balaban J connectivity index is 1.40. The molecule has 0 saturated heterocycles. The van der Waals surface area contributed by atoms with Crippen LogP contribution >= 0.6 is 0 Å². The molecular formula is C21H24N10O5. The van der Waals surface area contributed by atoms with E-state index in [0.717, 1.165) is 5.56 Å². The van der Waals surface area contributed by atoms with Crippen molar-refractivity contribution in [3.63, 3.8) is 0 Å². The van der Waals surface area contributed by atoms with E-state index < -0.39 is 11.1 Å². The van der Waals surface area contributed by atoms with E-state index in [-0.39, 0.29) is 31.7 Å². The lowest BCUT2D eigenvalue weighted by Crippen LogP contribution is -2.40. The zero-order valence-electron chi connectivity index (χ0n) is 19.0. The number of imidazole rings is 1. The largest absolute Gasteiger partial charge is 0.454 e. The van der Waals surface area contributed by atoms with Crippen LogP contribution in [0.2, 0.25) is 0 Å². The molecule has 0 fully saturated rings. The van der Waals surface area contributed by atoms with E-state index in [1.807, 2.05) is 12.1 Å². The van der Waals surface area contributed by atoms with Crippen molar-refractivity contribution in [2.45, 2.75) is 25.4 Å². The highest BCUT2D eigenvalue weighted by Crippen LogP contribution is 2.32. The van der Waals surface area contributed by atoms with Crippen molar-refractivity contribution in [2.24, 2.45) is 10.8 Å². The number of anilines is 1. The minimum Gasteiger partial charge on any atom is -0.454 e. The minimum absolute atomic E-state index is 0.169. The number of hydrogen-bond acceptors (Lipinski definition) is 9. The second kappa shape index (κ2) is 11.5. The third-order valence-electron chi connectivity index (χ3n) is 5.09. The van der Waals surface area contributed by atoms with E-state index in [0.29, 0.717) is 36.1 Å². The van der Waals surface area contributed by atoms with Gasteiger partial charge in [0.15, 0.2) is 16.5 Å². The summed E-state index contributed by atoms with van der Waals surface area (Å²) in [6.07, 6.45) is 7.28. The molecule has 0 saturated carbocycles. The van der Waals surface area contributed by atoms with Gasteiger partial charge < -0.3 is 31.2 Å². The van der Waals surface area contributed by atoms with Crippen LogP contribution in [0.4, 0.5) is 5.82 Å². The molecule has 3 heterocycles. The number of nitrogens with two attached hydrogens (primary N) is 1. The molecule has 1 aliphatic rings. The number of ether oxygens (including phenoxy) is 2. The number of nitrogens with zero attached hydrogens (tertiary/aromatic N) is 6. The average Bonchev–Trinajstić information content (AvgIpc) is 3.56. The van der Waals surface area contributed by atoms with Gasteiger partial charge >= 0.3 is 0 Å². The number of aromatic nitrogens is 4. The molecule has 1 atom stereocenters. The fourth-order valence-corrected chi connectivity index (χ4v) is 3.39. The van der Waals surface area contributed by atoms with Crippen LogP contribution in [0.25, 0.3) is 5.95 Å². The molecule has 0 aliphatic carbocycles. The molecule has 0 radical (unpaired) electrons. The van der Waals surface area contributed by atoms with Gasteiger partial charge in [-0.2, -0.15) is 4.98 Å². The van der Waals surface area contributed by atoms with Crippen LogP contribution in [0.3, 0.4) is 0 Å². The Kier molecular flexibility index (Phi) is 7.70. The van der Waals surface area contributed by atoms with Gasteiger partial charge in [0.1, 0.15) is 23.3 Å². The summed E-state index contributed by atoms with van der Waals surface area (Å²) >= 11 is 0. The molecule has 1 unspecified atom stereocenters. The van der Waals surface area contributed by atoms with Gasteiger partial charge in [-0.1, -0.05) is 6.07 Å². The summed E-state index contributed by atoms with van der Waals surface area (Å²) in [7, 11) is 0. The number of fused-ring (bicyclic) bond motifs is 1. The molecule has 1 aliphatic heterocycles. The van der Waals surface area contributed by atoms with Gasteiger partial charge in [-0.15, -0.1) is 0 Å². The van der Waals surface area contributed by atoms with Gasteiger partial charge in [0, 0.05) is 31.7 Å². The zero-order valence-corrected chi connectivity index (χ0v) is 19.0. The van der Waals surface area contributed by atoms with Crippen molar-refractivity contribution < 1.29 is 19.3 Å². The molecule has 4 rings (SSSR count). The number of hydrazone groups is 1. The van der Waals surface area contributed by atoms with E-state index in [1.165, 1.54) is 0 Å². The highest BCUT2D eigenvalue weighted by molar-refractivity contribution is 5.84. The van der Waals surface area contributed by atoms with Crippen molar-refractivity contribution in [1.29, 1.82) is 0 Å². The normalized spacial score (nSPS) is 13.2. The molecule has 3 aromatic rings. The fraction of sp³-hybridized carbons (Fsp3) is 0.286. The van der Waals surface area contributed by atoms with Crippen molar-refractivity contribution in [1.82, 2.24) is 30.2 Å². The number of benzene rings is 1. The van der Waals surface area contributed by atoms with E-state index in [1.54, 1.807) is 41.6 Å². The Hall–Kier alpha value is -4.95. The summed E-state index contributed by atoms with van der Waals surface area (Å²) in [5.41, 5.74) is 6.30. The highest BCUT2D eigenvalue weighted by atomic mass is 16.7. The molecule has 1 aromatic carbocycles. The SMILES string of the molecule is NC(=N[N+](=O)[O-])NCCCC(Nc1ccnc(-n2ccnc2)n1)C(=O)NCc1ccc2c(c1)OCO2. The number of hydrogen-bond donors (Lipinski definition) is 4. The zero-order chi connectivity index (χ0) is 25.3. The topological polar surface area (TPSA) is 197 Å². The predicted molar refractivity (Wildman–Crippen MR) is 127 cm³/mol. The molecule has 0 spiro atoms. The third kappa shape index (κ3) is 6.55.